The summed E-state index contributed by atoms with van der Waals surface area (Å²) in [5.74, 6) is -0.258. The highest BCUT2D eigenvalue weighted by Gasteiger charge is 2.44. The fourth-order valence-electron chi connectivity index (χ4n) is 5.69. The van der Waals surface area contributed by atoms with Gasteiger partial charge in [0.25, 0.3) is 0 Å². The maximum atomic E-state index is 12.8. The summed E-state index contributed by atoms with van der Waals surface area (Å²) < 4.78 is 11.1. The van der Waals surface area contributed by atoms with Crippen LogP contribution in [-0.2, 0) is 14.3 Å². The number of hydrogen-bond donors (Lipinski definition) is 6. The zero-order valence-electron chi connectivity index (χ0n) is 30.7. The minimum atomic E-state index is -1.58. The van der Waals surface area contributed by atoms with Crippen LogP contribution in [0.4, 0.5) is 0 Å². The molecule has 1 amide bonds. The van der Waals surface area contributed by atoms with Gasteiger partial charge in [-0.2, -0.15) is 0 Å². The highest BCUT2D eigenvalue weighted by Crippen LogP contribution is 2.22. The third-order valence-corrected chi connectivity index (χ3v) is 8.89. The van der Waals surface area contributed by atoms with Crippen molar-refractivity contribution in [3.63, 3.8) is 0 Å². The lowest BCUT2D eigenvalue weighted by Crippen LogP contribution is -2.60. The summed E-state index contributed by atoms with van der Waals surface area (Å²) >= 11 is 0. The molecule has 0 aromatic rings. The van der Waals surface area contributed by atoms with Crippen LogP contribution >= 0.6 is 0 Å². The van der Waals surface area contributed by atoms with E-state index in [1.165, 1.54) is 83.5 Å². The highest BCUT2D eigenvalue weighted by atomic mass is 16.7. The first-order valence-corrected chi connectivity index (χ1v) is 19.4. The molecule has 6 N–H and O–H groups in total. The molecule has 0 radical (unpaired) electrons. The average Bonchev–Trinajstić information content (AvgIpc) is 3.10. The zero-order valence-corrected chi connectivity index (χ0v) is 30.7. The molecule has 1 aliphatic heterocycles. The smallest absolute Gasteiger partial charge is 0.220 e. The lowest BCUT2D eigenvalue weighted by atomic mass is 9.99. The fourth-order valence-corrected chi connectivity index (χ4v) is 5.69. The summed E-state index contributed by atoms with van der Waals surface area (Å²) in [6.45, 7) is 3.66. The van der Waals surface area contributed by atoms with Crippen molar-refractivity contribution in [3.05, 3.63) is 48.6 Å². The number of allylic oxidation sites excluding steroid dienone is 7. The third-order valence-electron chi connectivity index (χ3n) is 8.89. The summed E-state index contributed by atoms with van der Waals surface area (Å²) in [4.78, 5) is 12.8. The van der Waals surface area contributed by atoms with E-state index in [4.69, 9.17) is 9.47 Å². The van der Waals surface area contributed by atoms with Crippen molar-refractivity contribution in [2.75, 3.05) is 13.2 Å². The maximum absolute atomic E-state index is 12.8. The largest absolute Gasteiger partial charge is 0.394 e. The van der Waals surface area contributed by atoms with E-state index in [-0.39, 0.29) is 18.9 Å². The Morgan fingerprint density at radius 2 is 1.22 bits per heavy atom. The van der Waals surface area contributed by atoms with E-state index in [0.717, 1.165) is 32.1 Å². The molecule has 0 aromatic carbocycles. The van der Waals surface area contributed by atoms with Gasteiger partial charge in [0.05, 0.1) is 25.4 Å². The van der Waals surface area contributed by atoms with Crippen molar-refractivity contribution < 1.29 is 39.8 Å². The fraction of sp³-hybridized carbons (Fsp3) is 0.775. The molecule has 9 nitrogen and oxygen atoms in total. The zero-order chi connectivity index (χ0) is 36.0. The molecule has 7 unspecified atom stereocenters. The summed E-state index contributed by atoms with van der Waals surface area (Å²) in [5.41, 5.74) is 0. The Kier molecular flexibility index (Phi) is 28.5. The van der Waals surface area contributed by atoms with Gasteiger partial charge < -0.3 is 40.3 Å². The number of aliphatic hydroxyl groups is 5. The number of carbonyl (C=O) groups excluding carboxylic acids is 1. The topological polar surface area (TPSA) is 149 Å². The molecule has 7 atom stereocenters. The first kappa shape index (κ1) is 45.2. The van der Waals surface area contributed by atoms with Crippen molar-refractivity contribution >= 4 is 5.91 Å². The Morgan fingerprint density at radius 3 is 1.84 bits per heavy atom. The number of carbonyl (C=O) groups is 1. The molecule has 0 bridgehead atoms. The molecule has 0 aromatic heterocycles. The first-order chi connectivity index (χ1) is 23.8. The van der Waals surface area contributed by atoms with E-state index in [1.807, 2.05) is 18.2 Å². The normalized spacial score (nSPS) is 23.0. The molecular weight excluding hydrogens is 622 g/mol. The molecule has 1 fully saturated rings. The van der Waals surface area contributed by atoms with Gasteiger partial charge in [0.15, 0.2) is 6.29 Å². The molecule has 1 rings (SSSR count). The Bertz CT molecular complexity index is 905. The van der Waals surface area contributed by atoms with Gasteiger partial charge in [-0.3, -0.25) is 4.79 Å². The Morgan fingerprint density at radius 1 is 0.694 bits per heavy atom. The lowest BCUT2D eigenvalue weighted by Gasteiger charge is -2.40. The van der Waals surface area contributed by atoms with Gasteiger partial charge in [-0.25, -0.2) is 0 Å². The van der Waals surface area contributed by atoms with Gasteiger partial charge in [-0.05, 0) is 51.4 Å². The van der Waals surface area contributed by atoms with Crippen LogP contribution in [0.3, 0.4) is 0 Å². The molecule has 284 valence electrons. The summed E-state index contributed by atoms with van der Waals surface area (Å²) in [7, 11) is 0. The van der Waals surface area contributed by atoms with Crippen molar-refractivity contribution in [1.29, 1.82) is 0 Å². The predicted octanol–water partition coefficient (Wildman–Crippen LogP) is 6.72. The number of rotatable bonds is 30. The van der Waals surface area contributed by atoms with Crippen LogP contribution in [0.15, 0.2) is 48.6 Å². The van der Waals surface area contributed by atoms with Crippen molar-refractivity contribution in [2.24, 2.45) is 0 Å². The summed E-state index contributed by atoms with van der Waals surface area (Å²) in [5, 5.41) is 53.8. The number of ether oxygens (including phenoxy) is 2. The van der Waals surface area contributed by atoms with Crippen LogP contribution in [0.1, 0.15) is 142 Å². The number of nitrogens with one attached hydrogen (secondary N) is 1. The second kappa shape index (κ2) is 30.9. The molecule has 0 aliphatic carbocycles. The SMILES string of the molecule is CCCCCCCC/C=C\C/C=C\CCC(=O)NC(COC1OC(CO)C(O)C(O)C1O)C(O)/C=C/CC/C=C/CCCCCCCCC. The second-order valence-electron chi connectivity index (χ2n) is 13.4. The van der Waals surface area contributed by atoms with E-state index in [1.54, 1.807) is 6.08 Å². The molecular formula is C40H71NO8. The van der Waals surface area contributed by atoms with Crippen molar-refractivity contribution in [2.45, 2.75) is 185 Å². The molecule has 0 saturated carbocycles. The highest BCUT2D eigenvalue weighted by molar-refractivity contribution is 5.76. The monoisotopic (exact) mass is 694 g/mol. The standard InChI is InChI=1S/C40H71NO8/c1-3-5-7-9-11-13-15-17-19-21-23-25-27-29-34(43)33(32-48-40-39(47)38(46)37(45)35(31-42)49-40)41-36(44)30-28-26-24-22-20-18-16-14-12-10-8-6-4-2/h18-21,24,26-27,29,33-35,37-40,42-43,45-47H,3-17,22-23,25,28,30-32H2,1-2H3,(H,41,44)/b20-18-,21-19+,26-24-,29-27+. The van der Waals surface area contributed by atoms with Crippen LogP contribution < -0.4 is 5.32 Å². The summed E-state index contributed by atoms with van der Waals surface area (Å²) in [6, 6.07) is -0.849. The van der Waals surface area contributed by atoms with Crippen LogP contribution in [0, 0.1) is 0 Å². The maximum Gasteiger partial charge on any atom is 0.220 e. The molecule has 1 saturated heterocycles. The third kappa shape index (κ3) is 22.6. The quantitative estimate of drug-likeness (QED) is 0.0359. The number of aliphatic hydroxyl groups excluding tert-OH is 5. The summed E-state index contributed by atoms with van der Waals surface area (Å²) in [6.07, 6.45) is 30.2. The van der Waals surface area contributed by atoms with E-state index in [2.05, 4.69) is 43.5 Å². The van der Waals surface area contributed by atoms with Crippen molar-refractivity contribution in [3.8, 4) is 0 Å². The van der Waals surface area contributed by atoms with Crippen LogP contribution in [-0.4, -0.2) is 87.5 Å². The van der Waals surface area contributed by atoms with Gasteiger partial charge >= 0.3 is 0 Å². The number of amides is 1. The molecule has 49 heavy (non-hydrogen) atoms. The molecule has 0 spiro atoms. The van der Waals surface area contributed by atoms with E-state index in [9.17, 15) is 30.3 Å². The van der Waals surface area contributed by atoms with Gasteiger partial charge in [0, 0.05) is 6.42 Å². The second-order valence-corrected chi connectivity index (χ2v) is 13.4. The Labute approximate surface area is 297 Å². The number of unbranched alkanes of at least 4 members (excludes halogenated alkanes) is 14. The molecule has 1 heterocycles. The average molecular weight is 694 g/mol. The van der Waals surface area contributed by atoms with E-state index in [0.29, 0.717) is 6.42 Å². The lowest BCUT2D eigenvalue weighted by molar-refractivity contribution is -0.302. The first-order valence-electron chi connectivity index (χ1n) is 19.4. The van der Waals surface area contributed by atoms with Gasteiger partial charge in [0.2, 0.25) is 5.91 Å². The van der Waals surface area contributed by atoms with E-state index >= 15 is 0 Å². The van der Waals surface area contributed by atoms with Crippen LogP contribution in [0.25, 0.3) is 0 Å². The van der Waals surface area contributed by atoms with Gasteiger partial charge in [0.1, 0.15) is 24.4 Å². The minimum absolute atomic E-state index is 0.225. The van der Waals surface area contributed by atoms with Crippen molar-refractivity contribution in [1.82, 2.24) is 5.32 Å². The van der Waals surface area contributed by atoms with Crippen LogP contribution in [0.5, 0.6) is 0 Å². The molecule has 1 aliphatic rings. The Balaban J connectivity index is 2.54. The Hall–Kier alpha value is -1.85. The predicted molar refractivity (Wildman–Crippen MR) is 198 cm³/mol. The van der Waals surface area contributed by atoms with Gasteiger partial charge in [-0.1, -0.05) is 133 Å². The number of hydrogen-bond acceptors (Lipinski definition) is 8. The minimum Gasteiger partial charge on any atom is -0.394 e. The van der Waals surface area contributed by atoms with Crippen LogP contribution in [0.2, 0.25) is 0 Å². The van der Waals surface area contributed by atoms with E-state index < -0.39 is 49.5 Å². The molecule has 9 heteroatoms. The van der Waals surface area contributed by atoms with Gasteiger partial charge in [-0.15, -0.1) is 0 Å².